The van der Waals surface area contributed by atoms with Crippen LogP contribution in [0.4, 0.5) is 0 Å². The molecule has 1 radical (unpaired) electrons. The minimum absolute atomic E-state index is 0. The quantitative estimate of drug-likeness (QED) is 0.135. The van der Waals surface area contributed by atoms with Gasteiger partial charge in [-0.25, -0.2) is 0 Å². The van der Waals surface area contributed by atoms with Gasteiger partial charge in [-0.3, -0.25) is 0 Å². The van der Waals surface area contributed by atoms with E-state index in [1.807, 2.05) is 91.1 Å². The Morgan fingerprint density at radius 1 is 0.690 bits per heavy atom. The molecule has 3 nitrogen and oxygen atoms in total. The maximum atomic E-state index is 7.79. The van der Waals surface area contributed by atoms with Crippen molar-refractivity contribution in [2.24, 2.45) is 0 Å². The van der Waals surface area contributed by atoms with Gasteiger partial charge in [-0.15, -0.1) is 48.0 Å². The predicted octanol–water partition coefficient (Wildman–Crippen LogP) is 9.87. The molecule has 42 heavy (non-hydrogen) atoms. The molecule has 5 aromatic carbocycles. The van der Waals surface area contributed by atoms with Gasteiger partial charge in [0.15, 0.2) is 0 Å². The summed E-state index contributed by atoms with van der Waals surface area (Å²) in [5, 5.41) is 3.91. The van der Waals surface area contributed by atoms with Crippen molar-refractivity contribution >= 4 is 32.7 Å². The van der Waals surface area contributed by atoms with Gasteiger partial charge in [-0.05, 0) is 64.7 Å². The van der Waals surface area contributed by atoms with Crippen molar-refractivity contribution in [3.8, 4) is 33.6 Å². The largest absolute Gasteiger partial charge is 0.501 e. The SMILES string of the molecule is [2H]C([2H])([2H])c1cnc(-c2[c-]cc3ccc4cccc5oc2c3c45)cc1C([2H])([2H])[2H].[Ir].[c-]1ccccc1-c1cc(-c2ccccc2)ccn1. The molecule has 0 fully saturated rings. The molecule has 0 aliphatic rings. The van der Waals surface area contributed by atoms with Crippen LogP contribution in [0, 0.1) is 25.8 Å². The fourth-order valence-electron chi connectivity index (χ4n) is 5.09. The van der Waals surface area contributed by atoms with E-state index in [0.29, 0.717) is 16.8 Å². The van der Waals surface area contributed by atoms with Gasteiger partial charge in [-0.1, -0.05) is 83.2 Å². The summed E-state index contributed by atoms with van der Waals surface area (Å²) < 4.78 is 52.4. The minimum atomic E-state index is -2.59. The van der Waals surface area contributed by atoms with Crippen molar-refractivity contribution in [3.63, 3.8) is 0 Å². The third-order valence-corrected chi connectivity index (χ3v) is 7.09. The normalized spacial score (nSPS) is 13.6. The summed E-state index contributed by atoms with van der Waals surface area (Å²) in [6, 6.07) is 41.6. The standard InChI is InChI=1S/C21H14NO.C17H12N.Ir/c1-12-10-17(22-11-13(12)2)16-9-8-15-7-6-14-4-3-5-18-19(14)20(15)21(16)23-18;1-3-7-14(8-4-1)16-11-12-18-17(13-16)15-9-5-2-6-10-15;/h3-8,10-11H,1-2H3;1-9,11-13H;/q2*-1;/i1D3,2D3;;. The van der Waals surface area contributed by atoms with Crippen LogP contribution in [0.25, 0.3) is 66.4 Å². The number of aryl methyl sites for hydroxylation is 2. The Morgan fingerprint density at radius 3 is 2.38 bits per heavy atom. The van der Waals surface area contributed by atoms with Gasteiger partial charge in [0.2, 0.25) is 0 Å². The number of furan rings is 1. The molecule has 4 heteroatoms. The van der Waals surface area contributed by atoms with E-state index in [4.69, 9.17) is 12.6 Å². The van der Waals surface area contributed by atoms with Crippen LogP contribution in [0.15, 0.2) is 126 Å². The summed E-state index contributed by atoms with van der Waals surface area (Å²) in [4.78, 5) is 8.66. The number of hydrogen-bond acceptors (Lipinski definition) is 3. The molecule has 0 N–H and O–H groups in total. The second-order valence-electron chi connectivity index (χ2n) is 9.67. The first-order chi connectivity index (χ1) is 22.6. The monoisotopic (exact) mass is 725 g/mol. The summed E-state index contributed by atoms with van der Waals surface area (Å²) in [5.74, 6) is 0. The molecule has 0 atom stereocenters. The van der Waals surface area contributed by atoms with E-state index in [9.17, 15) is 0 Å². The van der Waals surface area contributed by atoms with Gasteiger partial charge >= 0.3 is 0 Å². The maximum absolute atomic E-state index is 7.79. The summed E-state index contributed by atoms with van der Waals surface area (Å²) in [7, 11) is 0. The number of rotatable bonds is 3. The molecule has 3 heterocycles. The summed E-state index contributed by atoms with van der Waals surface area (Å²) in [5.41, 5.74) is 5.94. The molecule has 8 aromatic rings. The molecule has 0 aliphatic carbocycles. The van der Waals surface area contributed by atoms with Crippen LogP contribution in [0.2, 0.25) is 0 Å². The smallest absolute Gasteiger partial charge is 0.121 e. The molecule has 0 bridgehead atoms. The Hall–Kier alpha value is -4.63. The van der Waals surface area contributed by atoms with E-state index in [-0.39, 0.29) is 31.2 Å². The van der Waals surface area contributed by atoms with E-state index >= 15 is 0 Å². The number of pyridine rings is 2. The third-order valence-electron chi connectivity index (χ3n) is 7.09. The average molecular weight is 725 g/mol. The van der Waals surface area contributed by atoms with Gasteiger partial charge < -0.3 is 14.4 Å². The summed E-state index contributed by atoms with van der Waals surface area (Å²) in [6.07, 6.45) is 2.97. The van der Waals surface area contributed by atoms with Crippen molar-refractivity contribution in [2.75, 3.05) is 0 Å². The average Bonchev–Trinajstić information content (AvgIpc) is 3.48. The van der Waals surface area contributed by atoms with Gasteiger partial charge in [-0.2, -0.15) is 0 Å². The predicted molar refractivity (Wildman–Crippen MR) is 168 cm³/mol. The zero-order chi connectivity index (χ0) is 32.8. The second kappa shape index (κ2) is 11.7. The molecule has 0 saturated heterocycles. The van der Waals surface area contributed by atoms with Crippen LogP contribution in [0.3, 0.4) is 0 Å². The maximum Gasteiger partial charge on any atom is 0.121 e. The Balaban J connectivity index is 0.000000182. The molecule has 0 amide bonds. The Morgan fingerprint density at radius 2 is 1.55 bits per heavy atom. The Bertz CT molecular complexity index is 2280. The van der Waals surface area contributed by atoms with Crippen molar-refractivity contribution in [1.82, 2.24) is 9.97 Å². The molecule has 8 rings (SSSR count). The molecule has 0 spiro atoms. The van der Waals surface area contributed by atoms with Gasteiger partial charge in [0, 0.05) is 46.1 Å². The van der Waals surface area contributed by atoms with Gasteiger partial charge in [0.05, 0.1) is 5.58 Å². The molecular formula is C38H26IrN2O-2. The number of aromatic nitrogens is 2. The Kier molecular flexibility index (Phi) is 5.88. The fourth-order valence-corrected chi connectivity index (χ4v) is 5.09. The molecule has 0 unspecified atom stereocenters. The topological polar surface area (TPSA) is 38.9 Å². The summed E-state index contributed by atoms with van der Waals surface area (Å²) in [6.45, 7) is -5.16. The summed E-state index contributed by atoms with van der Waals surface area (Å²) >= 11 is 0. The fraction of sp³-hybridized carbons (Fsp3) is 0.0526. The van der Waals surface area contributed by atoms with Crippen LogP contribution in [-0.4, -0.2) is 9.97 Å². The first-order valence-corrected chi connectivity index (χ1v) is 13.2. The molecular weight excluding hydrogens is 693 g/mol. The number of benzene rings is 5. The number of nitrogens with zero attached hydrogens (tertiary/aromatic N) is 2. The van der Waals surface area contributed by atoms with E-state index < -0.39 is 13.7 Å². The van der Waals surface area contributed by atoms with Crippen molar-refractivity contribution in [1.29, 1.82) is 0 Å². The van der Waals surface area contributed by atoms with Crippen molar-refractivity contribution in [2.45, 2.75) is 13.7 Å². The first-order valence-electron chi connectivity index (χ1n) is 16.2. The second-order valence-corrected chi connectivity index (χ2v) is 9.67. The van der Waals surface area contributed by atoms with Crippen molar-refractivity contribution in [3.05, 3.63) is 145 Å². The third kappa shape index (κ3) is 5.12. The zero-order valence-electron chi connectivity index (χ0n) is 28.2. The van der Waals surface area contributed by atoms with Crippen LogP contribution in [-0.2, 0) is 20.1 Å². The zero-order valence-corrected chi connectivity index (χ0v) is 24.6. The van der Waals surface area contributed by atoms with Gasteiger partial charge in [0.25, 0.3) is 0 Å². The molecule has 0 saturated carbocycles. The Labute approximate surface area is 267 Å². The van der Waals surface area contributed by atoms with Crippen molar-refractivity contribution < 1.29 is 32.7 Å². The number of hydrogen-bond donors (Lipinski definition) is 0. The van der Waals surface area contributed by atoms with Crippen LogP contribution in [0.1, 0.15) is 19.4 Å². The van der Waals surface area contributed by atoms with Crippen LogP contribution >= 0.6 is 0 Å². The minimum Gasteiger partial charge on any atom is -0.501 e. The van der Waals surface area contributed by atoms with Crippen LogP contribution in [0.5, 0.6) is 0 Å². The van der Waals surface area contributed by atoms with E-state index in [1.165, 1.54) is 17.2 Å². The molecule has 3 aromatic heterocycles. The van der Waals surface area contributed by atoms with E-state index in [1.54, 1.807) is 0 Å². The molecule has 0 aliphatic heterocycles. The molecule has 205 valence electrons. The van der Waals surface area contributed by atoms with E-state index in [0.717, 1.165) is 44.6 Å². The van der Waals surface area contributed by atoms with Crippen LogP contribution < -0.4 is 0 Å². The first kappa shape index (κ1) is 21.1. The van der Waals surface area contributed by atoms with E-state index in [2.05, 4.69) is 40.3 Å². The van der Waals surface area contributed by atoms with Gasteiger partial charge in [0.1, 0.15) is 5.58 Å².